The average molecular weight is 273 g/mol. The normalized spacial score (nSPS) is 15.1. The summed E-state index contributed by atoms with van der Waals surface area (Å²) in [6, 6.07) is 6.68. The van der Waals surface area contributed by atoms with Crippen molar-refractivity contribution in [3.8, 4) is 5.75 Å². The molecule has 1 aliphatic heterocycles. The van der Waals surface area contributed by atoms with Crippen LogP contribution in [0.3, 0.4) is 0 Å². The van der Waals surface area contributed by atoms with Crippen molar-refractivity contribution in [2.24, 2.45) is 5.73 Å². The van der Waals surface area contributed by atoms with Crippen molar-refractivity contribution >= 4 is 11.3 Å². The molecule has 1 unspecified atom stereocenters. The number of benzene rings is 1. The zero-order valence-corrected chi connectivity index (χ0v) is 12.0. The number of rotatable bonds is 4. The van der Waals surface area contributed by atoms with Gasteiger partial charge in [-0.05, 0) is 58.8 Å². The van der Waals surface area contributed by atoms with Crippen molar-refractivity contribution in [1.82, 2.24) is 0 Å². The first-order valence-corrected chi connectivity index (χ1v) is 7.71. The Morgan fingerprint density at radius 3 is 3.05 bits per heavy atom. The van der Waals surface area contributed by atoms with E-state index in [1.54, 1.807) is 11.3 Å². The van der Waals surface area contributed by atoms with Crippen LogP contribution in [0.25, 0.3) is 0 Å². The molecule has 3 heteroatoms. The number of hydrogen-bond acceptors (Lipinski definition) is 3. The average Bonchev–Trinajstić information content (AvgIpc) is 3.03. The molecule has 0 radical (unpaired) electrons. The Morgan fingerprint density at radius 1 is 1.37 bits per heavy atom. The Bertz CT molecular complexity index is 576. The first-order valence-electron chi connectivity index (χ1n) is 6.77. The monoisotopic (exact) mass is 273 g/mol. The van der Waals surface area contributed by atoms with Crippen molar-refractivity contribution in [2.75, 3.05) is 6.61 Å². The molecule has 0 saturated carbocycles. The summed E-state index contributed by atoms with van der Waals surface area (Å²) in [5.41, 5.74) is 11.6. The summed E-state index contributed by atoms with van der Waals surface area (Å²) < 4.78 is 5.53. The van der Waals surface area contributed by atoms with E-state index < -0.39 is 0 Å². The molecule has 1 aromatic carbocycles. The third-order valence-electron chi connectivity index (χ3n) is 3.79. The number of aryl methyl sites for hydroxylation is 2. The van der Waals surface area contributed by atoms with Gasteiger partial charge in [-0.2, -0.15) is 11.3 Å². The summed E-state index contributed by atoms with van der Waals surface area (Å²) in [6.45, 7) is 2.96. The minimum Gasteiger partial charge on any atom is -0.493 e. The van der Waals surface area contributed by atoms with Crippen LogP contribution in [0.5, 0.6) is 5.75 Å². The molecule has 2 aromatic rings. The van der Waals surface area contributed by atoms with Crippen LogP contribution in [0.15, 0.2) is 29.0 Å². The molecule has 2 heterocycles. The second-order valence-electron chi connectivity index (χ2n) is 5.20. The van der Waals surface area contributed by atoms with Crippen molar-refractivity contribution in [2.45, 2.75) is 32.2 Å². The van der Waals surface area contributed by atoms with Gasteiger partial charge in [0.1, 0.15) is 5.75 Å². The highest BCUT2D eigenvalue weighted by Crippen LogP contribution is 2.28. The van der Waals surface area contributed by atoms with Crippen LogP contribution in [0, 0.1) is 6.92 Å². The van der Waals surface area contributed by atoms with Crippen LogP contribution in [0.1, 0.15) is 34.7 Å². The smallest absolute Gasteiger partial charge is 0.122 e. The Hall–Kier alpha value is -1.32. The van der Waals surface area contributed by atoms with E-state index in [1.165, 1.54) is 22.3 Å². The molecule has 100 valence electrons. The summed E-state index contributed by atoms with van der Waals surface area (Å²) in [5, 5.41) is 4.35. The van der Waals surface area contributed by atoms with Gasteiger partial charge < -0.3 is 10.5 Å². The molecule has 1 atom stereocenters. The first kappa shape index (κ1) is 12.7. The molecule has 3 rings (SSSR count). The van der Waals surface area contributed by atoms with Crippen LogP contribution in [-0.2, 0) is 12.8 Å². The van der Waals surface area contributed by atoms with E-state index in [0.29, 0.717) is 0 Å². The molecule has 0 aliphatic carbocycles. The van der Waals surface area contributed by atoms with Gasteiger partial charge in [0.25, 0.3) is 0 Å². The van der Waals surface area contributed by atoms with E-state index in [0.717, 1.165) is 31.6 Å². The van der Waals surface area contributed by atoms with E-state index >= 15 is 0 Å². The summed E-state index contributed by atoms with van der Waals surface area (Å²) in [7, 11) is 0. The van der Waals surface area contributed by atoms with E-state index in [9.17, 15) is 0 Å². The fourth-order valence-corrected chi connectivity index (χ4v) is 3.54. The molecule has 0 saturated heterocycles. The van der Waals surface area contributed by atoms with Gasteiger partial charge in [-0.25, -0.2) is 0 Å². The standard InChI is InChI=1S/C16H19NOS/c1-11-9-19-10-14(11)15(17)4-2-12-3-5-16-13(8-12)6-7-18-16/h3,5,8-10,15H,2,4,6-7,17H2,1H3. The highest BCUT2D eigenvalue weighted by atomic mass is 32.1. The lowest BCUT2D eigenvalue weighted by Gasteiger charge is -2.12. The zero-order chi connectivity index (χ0) is 13.2. The van der Waals surface area contributed by atoms with Gasteiger partial charge in [-0.15, -0.1) is 0 Å². The minimum atomic E-state index is 0.149. The second-order valence-corrected chi connectivity index (χ2v) is 5.94. The number of ether oxygens (including phenoxy) is 1. The second kappa shape index (κ2) is 5.35. The first-order chi connectivity index (χ1) is 9.24. The van der Waals surface area contributed by atoms with Gasteiger partial charge in [0.2, 0.25) is 0 Å². The van der Waals surface area contributed by atoms with Crippen molar-refractivity contribution in [3.05, 3.63) is 51.2 Å². The van der Waals surface area contributed by atoms with Crippen LogP contribution in [0.4, 0.5) is 0 Å². The lowest BCUT2D eigenvalue weighted by atomic mass is 9.98. The van der Waals surface area contributed by atoms with E-state index in [4.69, 9.17) is 10.5 Å². The molecule has 0 amide bonds. The molecule has 0 fully saturated rings. The Morgan fingerprint density at radius 2 is 2.26 bits per heavy atom. The maximum Gasteiger partial charge on any atom is 0.122 e. The summed E-state index contributed by atoms with van der Waals surface area (Å²) >= 11 is 1.74. The molecule has 0 bridgehead atoms. The van der Waals surface area contributed by atoms with E-state index in [-0.39, 0.29) is 6.04 Å². The SMILES string of the molecule is Cc1cscc1C(N)CCc1ccc2c(c1)CCO2. The van der Waals surface area contributed by atoms with Crippen molar-refractivity contribution in [1.29, 1.82) is 0 Å². The van der Waals surface area contributed by atoms with E-state index in [2.05, 4.69) is 35.9 Å². The van der Waals surface area contributed by atoms with Crippen LogP contribution < -0.4 is 10.5 Å². The highest BCUT2D eigenvalue weighted by molar-refractivity contribution is 7.08. The largest absolute Gasteiger partial charge is 0.493 e. The quantitative estimate of drug-likeness (QED) is 0.923. The van der Waals surface area contributed by atoms with Gasteiger partial charge in [-0.1, -0.05) is 12.1 Å². The fourth-order valence-electron chi connectivity index (χ4n) is 2.62. The van der Waals surface area contributed by atoms with Crippen LogP contribution in [0.2, 0.25) is 0 Å². The van der Waals surface area contributed by atoms with E-state index in [1.807, 2.05) is 0 Å². The van der Waals surface area contributed by atoms with Gasteiger partial charge in [0.15, 0.2) is 0 Å². The molecule has 2 N–H and O–H groups in total. The number of nitrogens with two attached hydrogens (primary N) is 1. The molecular formula is C16H19NOS. The maximum absolute atomic E-state index is 6.28. The van der Waals surface area contributed by atoms with Gasteiger partial charge in [-0.3, -0.25) is 0 Å². The third kappa shape index (κ3) is 2.67. The Balaban J connectivity index is 1.65. The fraction of sp³-hybridized carbons (Fsp3) is 0.375. The van der Waals surface area contributed by atoms with Crippen LogP contribution >= 0.6 is 11.3 Å². The predicted molar refractivity (Wildman–Crippen MR) is 79.9 cm³/mol. The summed E-state index contributed by atoms with van der Waals surface area (Å²) in [6.07, 6.45) is 3.07. The zero-order valence-electron chi connectivity index (χ0n) is 11.2. The molecule has 19 heavy (non-hydrogen) atoms. The highest BCUT2D eigenvalue weighted by Gasteiger charge is 2.13. The Labute approximate surface area is 118 Å². The molecule has 1 aliphatic rings. The number of fused-ring (bicyclic) bond motifs is 1. The van der Waals surface area contributed by atoms with Crippen molar-refractivity contribution in [3.63, 3.8) is 0 Å². The lowest BCUT2D eigenvalue weighted by Crippen LogP contribution is -2.11. The molecular weight excluding hydrogens is 254 g/mol. The topological polar surface area (TPSA) is 35.2 Å². The summed E-state index contributed by atoms with van der Waals surface area (Å²) in [4.78, 5) is 0. The number of hydrogen-bond donors (Lipinski definition) is 1. The van der Waals surface area contributed by atoms with Crippen molar-refractivity contribution < 1.29 is 4.74 Å². The summed E-state index contributed by atoms with van der Waals surface area (Å²) in [5.74, 6) is 1.06. The maximum atomic E-state index is 6.28. The van der Waals surface area contributed by atoms with Crippen LogP contribution in [-0.4, -0.2) is 6.61 Å². The predicted octanol–water partition coefficient (Wildman–Crippen LogP) is 3.62. The lowest BCUT2D eigenvalue weighted by molar-refractivity contribution is 0.357. The van der Waals surface area contributed by atoms with Gasteiger partial charge in [0, 0.05) is 12.5 Å². The third-order valence-corrected chi connectivity index (χ3v) is 4.67. The molecule has 2 nitrogen and oxygen atoms in total. The minimum absolute atomic E-state index is 0.149. The van der Waals surface area contributed by atoms with Gasteiger partial charge in [0.05, 0.1) is 6.61 Å². The van der Waals surface area contributed by atoms with Gasteiger partial charge >= 0.3 is 0 Å². The Kier molecular flexibility index (Phi) is 3.58. The number of thiophene rings is 1. The molecule has 0 spiro atoms. The molecule has 1 aromatic heterocycles.